The summed E-state index contributed by atoms with van der Waals surface area (Å²) in [6.45, 7) is 5.09. The SMILES string of the molecule is Cc1ncc(OCC(=O)N[C@H]2CC[C@H](CCN3CCc4nc(OCC(C)(F)F)sc4CC3)OC2)cn1. The van der Waals surface area contributed by atoms with Gasteiger partial charge in [-0.05, 0) is 32.6 Å². The molecule has 0 aliphatic carbocycles. The standard InChI is InChI=1S/C24H33F2N5O4S/c1-16-27-11-19(12-28-16)34-14-22(32)29-17-3-4-18(33-13-17)5-8-31-9-6-20-21(7-10-31)36-23(30-20)35-15-24(2,25)26/h11-12,17-18H,3-10,13-15H2,1-2H3,(H,29,32)/t17-,18+/m0/s1. The van der Waals surface area contributed by atoms with Crippen molar-refractivity contribution in [3.63, 3.8) is 0 Å². The maximum absolute atomic E-state index is 13.0. The molecule has 1 N–H and O–H groups in total. The number of alkyl halides is 2. The van der Waals surface area contributed by atoms with Gasteiger partial charge in [-0.3, -0.25) is 4.79 Å². The molecule has 0 aromatic carbocycles. The summed E-state index contributed by atoms with van der Waals surface area (Å²) >= 11 is 1.38. The van der Waals surface area contributed by atoms with E-state index < -0.39 is 12.5 Å². The number of aryl methyl sites for hydroxylation is 1. The molecule has 1 amide bonds. The number of ether oxygens (including phenoxy) is 3. The Morgan fingerprint density at radius 1 is 1.25 bits per heavy atom. The van der Waals surface area contributed by atoms with Crippen LogP contribution in [-0.2, 0) is 22.4 Å². The van der Waals surface area contributed by atoms with Crippen molar-refractivity contribution in [1.29, 1.82) is 0 Å². The normalized spacial score (nSPS) is 20.9. The van der Waals surface area contributed by atoms with Crippen LogP contribution in [0.3, 0.4) is 0 Å². The van der Waals surface area contributed by atoms with Crippen molar-refractivity contribution in [3.05, 3.63) is 28.8 Å². The van der Waals surface area contributed by atoms with Crippen LogP contribution in [0.2, 0.25) is 0 Å². The number of carbonyl (C=O) groups is 1. The quantitative estimate of drug-likeness (QED) is 0.506. The lowest BCUT2D eigenvalue weighted by Crippen LogP contribution is -2.45. The Bertz CT molecular complexity index is 968. The van der Waals surface area contributed by atoms with E-state index in [0.29, 0.717) is 23.4 Å². The van der Waals surface area contributed by atoms with Crippen molar-refractivity contribution in [3.8, 4) is 10.9 Å². The highest BCUT2D eigenvalue weighted by Crippen LogP contribution is 2.29. The number of halogens is 2. The van der Waals surface area contributed by atoms with Crippen molar-refractivity contribution in [2.75, 3.05) is 39.5 Å². The third-order valence-electron chi connectivity index (χ3n) is 6.16. The van der Waals surface area contributed by atoms with Crippen LogP contribution in [0, 0.1) is 6.92 Å². The number of hydrogen-bond donors (Lipinski definition) is 1. The van der Waals surface area contributed by atoms with Crippen LogP contribution in [0.4, 0.5) is 8.78 Å². The summed E-state index contributed by atoms with van der Waals surface area (Å²) in [7, 11) is 0. The van der Waals surface area contributed by atoms with Crippen molar-refractivity contribution < 1.29 is 27.8 Å². The Hall–Kier alpha value is -2.44. The van der Waals surface area contributed by atoms with Crippen LogP contribution in [-0.4, -0.2) is 83.3 Å². The van der Waals surface area contributed by atoms with Gasteiger partial charge in [0.2, 0.25) is 0 Å². The molecule has 0 bridgehead atoms. The van der Waals surface area contributed by atoms with Crippen LogP contribution in [0.5, 0.6) is 10.9 Å². The first-order chi connectivity index (χ1) is 17.2. The summed E-state index contributed by atoms with van der Waals surface area (Å²) in [6, 6.07) is -0.0176. The minimum atomic E-state index is -2.86. The molecule has 2 aromatic rings. The molecule has 4 heterocycles. The molecule has 12 heteroatoms. The van der Waals surface area contributed by atoms with Crippen LogP contribution < -0.4 is 14.8 Å². The first-order valence-electron chi connectivity index (χ1n) is 12.3. The van der Waals surface area contributed by atoms with Gasteiger partial charge in [0.1, 0.15) is 5.82 Å². The molecule has 0 radical (unpaired) electrons. The average Bonchev–Trinajstić information content (AvgIpc) is 3.15. The van der Waals surface area contributed by atoms with E-state index in [1.165, 1.54) is 11.3 Å². The minimum Gasteiger partial charge on any atom is -0.481 e. The predicted molar refractivity (Wildman–Crippen MR) is 130 cm³/mol. The van der Waals surface area contributed by atoms with Gasteiger partial charge in [0.15, 0.2) is 19.0 Å². The minimum absolute atomic E-state index is 0.0176. The molecule has 1 saturated heterocycles. The molecule has 36 heavy (non-hydrogen) atoms. The van der Waals surface area contributed by atoms with Crippen LogP contribution in [0.25, 0.3) is 0 Å². The zero-order valence-corrected chi connectivity index (χ0v) is 21.5. The van der Waals surface area contributed by atoms with Crippen LogP contribution in [0.1, 0.15) is 42.6 Å². The molecule has 198 valence electrons. The van der Waals surface area contributed by atoms with Gasteiger partial charge in [0, 0.05) is 37.9 Å². The average molecular weight is 526 g/mol. The third-order valence-corrected chi connectivity index (χ3v) is 7.23. The van der Waals surface area contributed by atoms with Crippen molar-refractivity contribution >= 4 is 17.2 Å². The fourth-order valence-corrected chi connectivity index (χ4v) is 5.15. The van der Waals surface area contributed by atoms with Gasteiger partial charge in [-0.1, -0.05) is 11.3 Å². The molecule has 4 rings (SSSR count). The number of aromatic nitrogens is 3. The van der Waals surface area contributed by atoms with Crippen LogP contribution >= 0.6 is 11.3 Å². The summed E-state index contributed by atoms with van der Waals surface area (Å²) in [5, 5.41) is 3.30. The van der Waals surface area contributed by atoms with Gasteiger partial charge in [-0.2, -0.15) is 0 Å². The fourth-order valence-electron chi connectivity index (χ4n) is 4.21. The molecule has 1 fully saturated rings. The van der Waals surface area contributed by atoms with E-state index in [-0.39, 0.29) is 24.7 Å². The monoisotopic (exact) mass is 525 g/mol. The van der Waals surface area contributed by atoms with Gasteiger partial charge >= 0.3 is 0 Å². The molecular weight excluding hydrogens is 492 g/mol. The summed E-state index contributed by atoms with van der Waals surface area (Å²) in [5.74, 6) is -1.94. The Labute approximate surface area is 213 Å². The number of hydrogen-bond acceptors (Lipinski definition) is 9. The Morgan fingerprint density at radius 2 is 2.03 bits per heavy atom. The highest BCUT2D eigenvalue weighted by atomic mass is 32.1. The Balaban J connectivity index is 1.11. The molecule has 2 aromatic heterocycles. The molecule has 0 unspecified atom stereocenters. The smallest absolute Gasteiger partial charge is 0.278 e. The topological polar surface area (TPSA) is 98.7 Å². The van der Waals surface area contributed by atoms with Gasteiger partial charge in [-0.15, -0.1) is 0 Å². The second kappa shape index (κ2) is 12.2. The summed E-state index contributed by atoms with van der Waals surface area (Å²) in [4.78, 5) is 28.2. The van der Waals surface area contributed by atoms with E-state index in [9.17, 15) is 13.6 Å². The first kappa shape index (κ1) is 26.6. The lowest BCUT2D eigenvalue weighted by atomic mass is 10.0. The molecule has 2 atom stereocenters. The molecular formula is C24H33F2N5O4S. The van der Waals surface area contributed by atoms with E-state index in [2.05, 4.69) is 25.2 Å². The molecule has 2 aliphatic rings. The number of fused-ring (bicyclic) bond motifs is 1. The second-order valence-corrected chi connectivity index (χ2v) is 10.4. The molecule has 9 nitrogen and oxygen atoms in total. The number of nitrogens with zero attached hydrogens (tertiary/aromatic N) is 4. The summed E-state index contributed by atoms with van der Waals surface area (Å²) < 4.78 is 42.7. The lowest BCUT2D eigenvalue weighted by molar-refractivity contribution is -0.125. The highest BCUT2D eigenvalue weighted by Gasteiger charge is 2.26. The largest absolute Gasteiger partial charge is 0.481 e. The Morgan fingerprint density at radius 3 is 2.75 bits per heavy atom. The second-order valence-electron chi connectivity index (χ2n) is 9.39. The predicted octanol–water partition coefficient (Wildman–Crippen LogP) is 2.81. The van der Waals surface area contributed by atoms with E-state index in [1.54, 1.807) is 19.3 Å². The molecule has 0 saturated carbocycles. The first-order valence-corrected chi connectivity index (χ1v) is 13.1. The molecule has 0 spiro atoms. The van der Waals surface area contributed by atoms with E-state index in [0.717, 1.165) is 69.2 Å². The maximum Gasteiger partial charge on any atom is 0.278 e. The van der Waals surface area contributed by atoms with Crippen LogP contribution in [0.15, 0.2) is 12.4 Å². The number of amides is 1. The van der Waals surface area contributed by atoms with E-state index >= 15 is 0 Å². The van der Waals surface area contributed by atoms with Gasteiger partial charge in [0.05, 0.1) is 36.8 Å². The van der Waals surface area contributed by atoms with Gasteiger partial charge in [-0.25, -0.2) is 23.7 Å². The van der Waals surface area contributed by atoms with Crippen molar-refractivity contribution in [2.45, 2.75) is 64.0 Å². The number of carbonyl (C=O) groups excluding carboxylic acids is 1. The zero-order chi connectivity index (χ0) is 25.5. The Kier molecular flexibility index (Phi) is 9.02. The molecule has 2 aliphatic heterocycles. The van der Waals surface area contributed by atoms with Crippen molar-refractivity contribution in [2.24, 2.45) is 0 Å². The highest BCUT2D eigenvalue weighted by molar-refractivity contribution is 7.13. The van der Waals surface area contributed by atoms with Gasteiger partial charge in [0.25, 0.3) is 17.0 Å². The van der Waals surface area contributed by atoms with Gasteiger partial charge < -0.3 is 24.4 Å². The number of rotatable bonds is 10. The summed E-state index contributed by atoms with van der Waals surface area (Å²) in [6.07, 6.45) is 7.58. The maximum atomic E-state index is 13.0. The summed E-state index contributed by atoms with van der Waals surface area (Å²) in [5.41, 5.74) is 0.961. The van der Waals surface area contributed by atoms with E-state index in [4.69, 9.17) is 14.2 Å². The van der Waals surface area contributed by atoms with E-state index in [1.807, 2.05) is 0 Å². The number of thiazole rings is 1. The third kappa shape index (κ3) is 8.31. The zero-order valence-electron chi connectivity index (χ0n) is 20.7. The fraction of sp³-hybridized carbons (Fsp3) is 0.667. The van der Waals surface area contributed by atoms with Crippen molar-refractivity contribution in [1.82, 2.24) is 25.2 Å². The number of nitrogens with one attached hydrogen (secondary N) is 1. The lowest BCUT2D eigenvalue weighted by Gasteiger charge is -2.31.